The molecule has 1 N–H and O–H groups in total. The van der Waals surface area contributed by atoms with E-state index in [0.717, 1.165) is 0 Å². The average molecular weight is 248 g/mol. The van der Waals surface area contributed by atoms with Crippen LogP contribution in [0.5, 0.6) is 0 Å². The van der Waals surface area contributed by atoms with Crippen molar-refractivity contribution in [2.24, 2.45) is 4.99 Å². The third kappa shape index (κ3) is 2.17. The van der Waals surface area contributed by atoms with Crippen LogP contribution in [-0.4, -0.2) is 20.3 Å². The lowest BCUT2D eigenvalue weighted by Gasteiger charge is -2.03. The lowest BCUT2D eigenvalue weighted by atomic mass is 10.2. The largest absolute Gasteiger partial charge is 0.263 e. The van der Waals surface area contributed by atoms with Crippen molar-refractivity contribution < 1.29 is 8.42 Å². The molecule has 88 valence electrons. The molecular weight excluding hydrogens is 236 g/mol. The minimum atomic E-state index is -3.45. The Labute approximate surface area is 101 Å². The van der Waals surface area contributed by atoms with Crippen molar-refractivity contribution in [2.75, 3.05) is 0 Å². The molecule has 5 heteroatoms. The zero-order valence-electron chi connectivity index (χ0n) is 9.34. The summed E-state index contributed by atoms with van der Waals surface area (Å²) in [6, 6.07) is 6.65. The van der Waals surface area contributed by atoms with Gasteiger partial charge in [-0.15, -0.1) is 12.3 Å². The summed E-state index contributed by atoms with van der Waals surface area (Å²) in [6.45, 7) is 1.85. The smallest absolute Gasteiger partial charge is 0.263 e. The van der Waals surface area contributed by atoms with Crippen LogP contribution >= 0.6 is 0 Å². The maximum Gasteiger partial charge on any atom is 0.263 e. The van der Waals surface area contributed by atoms with Crippen LogP contribution in [0, 0.1) is 12.3 Å². The fourth-order valence-corrected chi connectivity index (χ4v) is 2.91. The normalized spacial score (nSPS) is 20.4. The lowest BCUT2D eigenvalue weighted by molar-refractivity contribution is 0.595. The third-order valence-corrected chi connectivity index (χ3v) is 3.82. The Balaban J connectivity index is 2.46. The molecule has 0 aliphatic carbocycles. The van der Waals surface area contributed by atoms with E-state index in [-0.39, 0.29) is 10.9 Å². The molecule has 17 heavy (non-hydrogen) atoms. The number of fused-ring (bicyclic) bond motifs is 1. The number of amidine groups is 1. The van der Waals surface area contributed by atoms with Gasteiger partial charge in [0, 0.05) is 12.0 Å². The summed E-state index contributed by atoms with van der Waals surface area (Å²) in [6.07, 6.45) is 5.67. The third-order valence-electron chi connectivity index (χ3n) is 2.43. The topological polar surface area (TPSA) is 58.5 Å². The van der Waals surface area contributed by atoms with E-state index in [1.165, 1.54) is 0 Å². The Hall–Kier alpha value is -1.80. The highest BCUT2D eigenvalue weighted by Crippen LogP contribution is 2.22. The number of sulfonamides is 1. The zero-order valence-corrected chi connectivity index (χ0v) is 10.2. The molecule has 1 aromatic rings. The number of hydrogen-bond acceptors (Lipinski definition) is 3. The van der Waals surface area contributed by atoms with Crippen molar-refractivity contribution in [1.29, 1.82) is 0 Å². The quantitative estimate of drug-likeness (QED) is 0.798. The van der Waals surface area contributed by atoms with Gasteiger partial charge in [0.15, 0.2) is 0 Å². The summed E-state index contributed by atoms with van der Waals surface area (Å²) < 4.78 is 26.0. The number of hydrogen-bond donors (Lipinski definition) is 1. The van der Waals surface area contributed by atoms with Crippen molar-refractivity contribution in [3.63, 3.8) is 0 Å². The molecule has 1 unspecified atom stereocenters. The number of nitrogens with one attached hydrogen (secondary N) is 1. The molecule has 0 bridgehead atoms. The Bertz CT molecular complexity index is 612. The standard InChI is InChI=1S/C12H12N2O2S/c1-3-6-9(2)13-12-10-7-4-5-8-11(10)17(15,16)14-12/h1,4-5,7-9H,6H2,2H3,(H,13,14). The predicted molar refractivity (Wildman–Crippen MR) is 66.2 cm³/mol. The van der Waals surface area contributed by atoms with Gasteiger partial charge in [-0.1, -0.05) is 12.1 Å². The van der Waals surface area contributed by atoms with Crippen LogP contribution in [0.25, 0.3) is 0 Å². The first kappa shape index (κ1) is 11.7. The molecule has 1 heterocycles. The van der Waals surface area contributed by atoms with Crippen molar-refractivity contribution in [3.05, 3.63) is 29.8 Å². The van der Waals surface area contributed by atoms with Crippen molar-refractivity contribution in [1.82, 2.24) is 4.72 Å². The number of aliphatic imine (C=N–C) groups is 1. The molecule has 0 fully saturated rings. The predicted octanol–water partition coefficient (Wildman–Crippen LogP) is 1.14. The first-order valence-corrected chi connectivity index (χ1v) is 6.66. The monoisotopic (exact) mass is 248 g/mol. The van der Waals surface area contributed by atoms with E-state index in [9.17, 15) is 8.42 Å². The molecule has 1 atom stereocenters. The van der Waals surface area contributed by atoms with E-state index in [2.05, 4.69) is 15.6 Å². The van der Waals surface area contributed by atoms with E-state index in [0.29, 0.717) is 17.8 Å². The van der Waals surface area contributed by atoms with Gasteiger partial charge in [0.1, 0.15) is 5.84 Å². The molecule has 4 nitrogen and oxygen atoms in total. The zero-order chi connectivity index (χ0) is 12.5. The summed E-state index contributed by atoms with van der Waals surface area (Å²) in [4.78, 5) is 4.56. The summed E-state index contributed by atoms with van der Waals surface area (Å²) in [5.74, 6) is 2.88. The van der Waals surface area contributed by atoms with Crippen LogP contribution in [0.4, 0.5) is 0 Å². The van der Waals surface area contributed by atoms with E-state index >= 15 is 0 Å². The van der Waals surface area contributed by atoms with Crippen molar-refractivity contribution >= 4 is 15.9 Å². The van der Waals surface area contributed by atoms with Gasteiger partial charge in [-0.3, -0.25) is 9.71 Å². The van der Waals surface area contributed by atoms with Crippen LogP contribution in [0.15, 0.2) is 34.2 Å². The van der Waals surface area contributed by atoms with Crippen LogP contribution in [-0.2, 0) is 10.0 Å². The van der Waals surface area contributed by atoms with Gasteiger partial charge >= 0.3 is 0 Å². The molecule has 0 spiro atoms. The Morgan fingerprint density at radius 2 is 2.18 bits per heavy atom. The highest BCUT2D eigenvalue weighted by atomic mass is 32.2. The number of terminal acetylenes is 1. The van der Waals surface area contributed by atoms with Gasteiger partial charge in [0.05, 0.1) is 10.9 Å². The summed E-state index contributed by atoms with van der Waals surface area (Å²) in [7, 11) is -3.45. The molecule has 1 aliphatic heterocycles. The van der Waals surface area contributed by atoms with E-state index in [1.807, 2.05) is 6.92 Å². The summed E-state index contributed by atoms with van der Waals surface area (Å²) in [5.41, 5.74) is 0.608. The SMILES string of the molecule is C#CCC(C)N=C1NS(=O)(=O)c2ccccc21. The molecule has 0 saturated carbocycles. The molecule has 0 amide bonds. The van der Waals surface area contributed by atoms with Gasteiger partial charge in [-0.2, -0.15) is 0 Å². The highest BCUT2D eigenvalue weighted by molar-refractivity contribution is 7.90. The van der Waals surface area contributed by atoms with E-state index < -0.39 is 10.0 Å². The Morgan fingerprint density at radius 3 is 2.88 bits per heavy atom. The fraction of sp³-hybridized carbons (Fsp3) is 0.250. The molecule has 0 radical (unpaired) electrons. The van der Waals surface area contributed by atoms with Crippen LogP contribution < -0.4 is 4.72 Å². The van der Waals surface area contributed by atoms with Gasteiger partial charge in [-0.25, -0.2) is 8.42 Å². The maximum atomic E-state index is 11.8. The van der Waals surface area contributed by atoms with Crippen molar-refractivity contribution in [3.8, 4) is 12.3 Å². The van der Waals surface area contributed by atoms with E-state index in [1.54, 1.807) is 24.3 Å². The number of rotatable bonds is 2. The minimum absolute atomic E-state index is 0.108. The van der Waals surface area contributed by atoms with Crippen molar-refractivity contribution in [2.45, 2.75) is 24.3 Å². The second kappa shape index (κ2) is 4.22. The van der Waals surface area contributed by atoms with Gasteiger partial charge in [0.2, 0.25) is 0 Å². The highest BCUT2D eigenvalue weighted by Gasteiger charge is 2.30. The average Bonchev–Trinajstić information content (AvgIpc) is 2.52. The number of nitrogens with zero attached hydrogens (tertiary/aromatic N) is 1. The number of benzene rings is 1. The molecule has 2 rings (SSSR count). The van der Waals surface area contributed by atoms with Gasteiger partial charge < -0.3 is 0 Å². The second-order valence-electron chi connectivity index (χ2n) is 3.84. The second-order valence-corrected chi connectivity index (χ2v) is 5.49. The first-order valence-electron chi connectivity index (χ1n) is 5.18. The first-order chi connectivity index (χ1) is 8.04. The molecule has 0 aromatic heterocycles. The maximum absolute atomic E-state index is 11.8. The van der Waals surface area contributed by atoms with Gasteiger partial charge in [0.25, 0.3) is 10.0 Å². The Morgan fingerprint density at radius 1 is 1.47 bits per heavy atom. The van der Waals surface area contributed by atoms with Gasteiger partial charge in [-0.05, 0) is 19.1 Å². The van der Waals surface area contributed by atoms with E-state index in [4.69, 9.17) is 6.42 Å². The van der Waals surface area contributed by atoms with Crippen LogP contribution in [0.3, 0.4) is 0 Å². The molecule has 0 saturated heterocycles. The van der Waals surface area contributed by atoms with Crippen LogP contribution in [0.1, 0.15) is 18.9 Å². The fourth-order valence-electron chi connectivity index (χ4n) is 1.67. The summed E-state index contributed by atoms with van der Waals surface area (Å²) >= 11 is 0. The minimum Gasteiger partial charge on any atom is -0.263 e. The van der Waals surface area contributed by atoms with Crippen LogP contribution in [0.2, 0.25) is 0 Å². The molecule has 1 aromatic carbocycles. The summed E-state index contributed by atoms with van der Waals surface area (Å²) in [5, 5.41) is 0. The Kier molecular flexibility index (Phi) is 2.90. The molecular formula is C12H12N2O2S. The molecule has 1 aliphatic rings. The lowest BCUT2D eigenvalue weighted by Crippen LogP contribution is -2.23.